The van der Waals surface area contributed by atoms with Crippen molar-refractivity contribution in [2.24, 2.45) is 0 Å². The van der Waals surface area contributed by atoms with Crippen molar-refractivity contribution in [3.8, 4) is 11.3 Å². The zero-order valence-corrected chi connectivity index (χ0v) is 12.7. The van der Waals surface area contributed by atoms with E-state index < -0.39 is 11.7 Å². The Bertz CT molecular complexity index is 660. The number of aromatic nitrogens is 1. The Hall–Kier alpha value is -2.36. The van der Waals surface area contributed by atoms with Crippen LogP contribution in [0.25, 0.3) is 11.3 Å². The van der Waals surface area contributed by atoms with Crippen molar-refractivity contribution in [1.82, 2.24) is 4.57 Å². The van der Waals surface area contributed by atoms with E-state index in [1.165, 1.54) is 11.5 Å². The molecule has 0 atom stereocenters. The standard InChI is InChI=1S/C17H19NO3/c1-12(19)13-7-9-14(10-8-13)15-6-5-11-18(15)16(20)21-17(2,3)4/h5-11H,1-4H3. The highest BCUT2D eigenvalue weighted by atomic mass is 16.6. The van der Waals surface area contributed by atoms with Crippen LogP contribution in [0, 0.1) is 0 Å². The Kier molecular flexibility index (Phi) is 3.98. The minimum Gasteiger partial charge on any atom is -0.443 e. The average molecular weight is 285 g/mol. The molecule has 0 spiro atoms. The van der Waals surface area contributed by atoms with Crippen LogP contribution in [0.3, 0.4) is 0 Å². The molecule has 1 heterocycles. The van der Waals surface area contributed by atoms with Gasteiger partial charge in [0.25, 0.3) is 0 Å². The molecule has 4 nitrogen and oxygen atoms in total. The smallest absolute Gasteiger partial charge is 0.418 e. The van der Waals surface area contributed by atoms with Gasteiger partial charge in [-0.2, -0.15) is 0 Å². The Morgan fingerprint density at radius 1 is 1.05 bits per heavy atom. The Labute approximate surface area is 124 Å². The van der Waals surface area contributed by atoms with Crippen LogP contribution in [0.4, 0.5) is 4.79 Å². The molecule has 1 aromatic heterocycles. The van der Waals surface area contributed by atoms with Gasteiger partial charge in [0.15, 0.2) is 5.78 Å². The molecule has 0 aliphatic rings. The SMILES string of the molecule is CC(=O)c1ccc(-c2cccn2C(=O)OC(C)(C)C)cc1. The summed E-state index contributed by atoms with van der Waals surface area (Å²) >= 11 is 0. The summed E-state index contributed by atoms with van der Waals surface area (Å²) < 4.78 is 6.84. The van der Waals surface area contributed by atoms with Crippen LogP contribution in [-0.2, 0) is 4.74 Å². The van der Waals surface area contributed by atoms with Crippen LogP contribution in [0.2, 0.25) is 0 Å². The second kappa shape index (κ2) is 5.56. The topological polar surface area (TPSA) is 48.3 Å². The first-order chi connectivity index (χ1) is 9.78. The largest absolute Gasteiger partial charge is 0.443 e. The number of Topliss-reactive ketones (excluding diaryl/α,β-unsaturated/α-hetero) is 1. The van der Waals surface area contributed by atoms with Crippen molar-refractivity contribution in [2.75, 3.05) is 0 Å². The van der Waals surface area contributed by atoms with Gasteiger partial charge in [-0.05, 0) is 45.4 Å². The van der Waals surface area contributed by atoms with Crippen LogP contribution in [0.1, 0.15) is 38.1 Å². The fourth-order valence-electron chi connectivity index (χ4n) is 1.96. The molecule has 0 radical (unpaired) electrons. The van der Waals surface area contributed by atoms with Crippen LogP contribution < -0.4 is 0 Å². The number of nitrogens with zero attached hydrogens (tertiary/aromatic N) is 1. The van der Waals surface area contributed by atoms with Gasteiger partial charge in [-0.25, -0.2) is 4.79 Å². The first kappa shape index (κ1) is 15.0. The predicted octanol–water partition coefficient (Wildman–Crippen LogP) is 4.14. The fourth-order valence-corrected chi connectivity index (χ4v) is 1.96. The molecule has 21 heavy (non-hydrogen) atoms. The summed E-state index contributed by atoms with van der Waals surface area (Å²) in [6.07, 6.45) is 1.25. The zero-order valence-electron chi connectivity index (χ0n) is 12.7. The number of carbonyl (C=O) groups is 2. The van der Waals surface area contributed by atoms with Gasteiger partial charge in [0, 0.05) is 11.8 Å². The zero-order chi connectivity index (χ0) is 15.6. The lowest BCUT2D eigenvalue weighted by molar-refractivity contribution is 0.0540. The van der Waals surface area contributed by atoms with Gasteiger partial charge in [-0.1, -0.05) is 24.3 Å². The molecule has 0 unspecified atom stereocenters. The van der Waals surface area contributed by atoms with Gasteiger partial charge in [-0.15, -0.1) is 0 Å². The minimum absolute atomic E-state index is 0.0177. The summed E-state index contributed by atoms with van der Waals surface area (Å²) in [5, 5.41) is 0. The Morgan fingerprint density at radius 2 is 1.67 bits per heavy atom. The molecule has 2 rings (SSSR count). The number of benzene rings is 1. The molecule has 1 aromatic carbocycles. The highest BCUT2D eigenvalue weighted by molar-refractivity contribution is 5.94. The van der Waals surface area contributed by atoms with Gasteiger partial charge in [0.1, 0.15) is 5.60 Å². The van der Waals surface area contributed by atoms with E-state index >= 15 is 0 Å². The normalized spacial score (nSPS) is 11.2. The monoisotopic (exact) mass is 285 g/mol. The van der Waals surface area contributed by atoms with Gasteiger partial charge < -0.3 is 4.74 Å². The summed E-state index contributed by atoms with van der Waals surface area (Å²) in [4.78, 5) is 23.5. The third kappa shape index (κ3) is 3.60. The first-order valence-electron chi connectivity index (χ1n) is 6.80. The Balaban J connectivity index is 2.32. The van der Waals surface area contributed by atoms with Crippen molar-refractivity contribution in [3.63, 3.8) is 0 Å². The van der Waals surface area contributed by atoms with Crippen molar-refractivity contribution < 1.29 is 14.3 Å². The predicted molar refractivity (Wildman–Crippen MR) is 81.5 cm³/mol. The molecule has 2 aromatic rings. The molecule has 0 saturated carbocycles. The fraction of sp³-hybridized carbons (Fsp3) is 0.294. The molecular weight excluding hydrogens is 266 g/mol. The maximum absolute atomic E-state index is 12.2. The number of hydrogen-bond acceptors (Lipinski definition) is 3. The Morgan fingerprint density at radius 3 is 2.19 bits per heavy atom. The average Bonchev–Trinajstić information content (AvgIpc) is 2.86. The van der Waals surface area contributed by atoms with Crippen molar-refractivity contribution in [2.45, 2.75) is 33.3 Å². The van der Waals surface area contributed by atoms with E-state index in [2.05, 4.69) is 0 Å². The van der Waals surface area contributed by atoms with Gasteiger partial charge in [0.2, 0.25) is 0 Å². The third-order valence-electron chi connectivity index (χ3n) is 2.93. The molecule has 0 bridgehead atoms. The number of ether oxygens (including phenoxy) is 1. The summed E-state index contributed by atoms with van der Waals surface area (Å²) in [6, 6.07) is 10.8. The molecule has 0 aliphatic carbocycles. The van der Waals surface area contributed by atoms with E-state index in [1.807, 2.05) is 39.0 Å². The van der Waals surface area contributed by atoms with Gasteiger partial charge in [0.05, 0.1) is 5.69 Å². The third-order valence-corrected chi connectivity index (χ3v) is 2.93. The molecule has 0 amide bonds. The van der Waals surface area contributed by atoms with E-state index in [1.54, 1.807) is 24.4 Å². The summed E-state index contributed by atoms with van der Waals surface area (Å²) in [6.45, 7) is 7.01. The van der Waals surface area contributed by atoms with E-state index in [9.17, 15) is 9.59 Å². The highest BCUT2D eigenvalue weighted by Crippen LogP contribution is 2.22. The van der Waals surface area contributed by atoms with Crippen LogP contribution in [-0.4, -0.2) is 22.0 Å². The molecule has 0 fully saturated rings. The van der Waals surface area contributed by atoms with Crippen LogP contribution >= 0.6 is 0 Å². The maximum atomic E-state index is 12.2. The van der Waals surface area contributed by atoms with Gasteiger partial charge >= 0.3 is 6.09 Å². The minimum atomic E-state index is -0.545. The molecular formula is C17H19NO3. The van der Waals surface area contributed by atoms with Gasteiger partial charge in [-0.3, -0.25) is 9.36 Å². The lowest BCUT2D eigenvalue weighted by atomic mass is 10.1. The lowest BCUT2D eigenvalue weighted by Crippen LogP contribution is -2.27. The second-order valence-electron chi connectivity index (χ2n) is 5.88. The summed E-state index contributed by atoms with van der Waals surface area (Å²) in [5.74, 6) is 0.0177. The second-order valence-corrected chi connectivity index (χ2v) is 5.88. The number of ketones is 1. The highest BCUT2D eigenvalue weighted by Gasteiger charge is 2.19. The molecule has 110 valence electrons. The number of carbonyl (C=O) groups excluding carboxylic acids is 2. The van der Waals surface area contributed by atoms with Crippen molar-refractivity contribution in [1.29, 1.82) is 0 Å². The number of rotatable bonds is 2. The summed E-state index contributed by atoms with van der Waals surface area (Å²) in [7, 11) is 0. The van der Waals surface area contributed by atoms with Crippen LogP contribution in [0.15, 0.2) is 42.6 Å². The van der Waals surface area contributed by atoms with E-state index in [4.69, 9.17) is 4.74 Å². The molecule has 4 heteroatoms. The maximum Gasteiger partial charge on any atom is 0.418 e. The summed E-state index contributed by atoms with van der Waals surface area (Å²) in [5.41, 5.74) is 1.70. The van der Waals surface area contributed by atoms with E-state index in [-0.39, 0.29) is 5.78 Å². The van der Waals surface area contributed by atoms with Crippen molar-refractivity contribution >= 4 is 11.9 Å². The molecule has 0 N–H and O–H groups in total. The lowest BCUT2D eigenvalue weighted by Gasteiger charge is -2.20. The van der Waals surface area contributed by atoms with E-state index in [0.717, 1.165) is 11.3 Å². The van der Waals surface area contributed by atoms with Crippen molar-refractivity contribution in [3.05, 3.63) is 48.2 Å². The number of hydrogen-bond donors (Lipinski definition) is 0. The first-order valence-corrected chi connectivity index (χ1v) is 6.80. The van der Waals surface area contributed by atoms with E-state index in [0.29, 0.717) is 5.56 Å². The molecule has 0 aliphatic heterocycles. The quantitative estimate of drug-likeness (QED) is 0.779. The molecule has 0 saturated heterocycles. The van der Waals surface area contributed by atoms with Crippen LogP contribution in [0.5, 0.6) is 0 Å².